The fourth-order valence-electron chi connectivity index (χ4n) is 3.43. The third kappa shape index (κ3) is 3.24. The first kappa shape index (κ1) is 13.7. The molecule has 1 saturated carbocycles. The van der Waals surface area contributed by atoms with Crippen molar-refractivity contribution in [1.29, 1.82) is 0 Å². The molecular formula is C18H25NO. The van der Waals surface area contributed by atoms with Gasteiger partial charge in [0.2, 0.25) is 0 Å². The van der Waals surface area contributed by atoms with Crippen LogP contribution in [-0.4, -0.2) is 6.04 Å². The summed E-state index contributed by atoms with van der Waals surface area (Å²) in [5.74, 6) is 2.03. The zero-order valence-corrected chi connectivity index (χ0v) is 12.4. The lowest BCUT2D eigenvalue weighted by Crippen LogP contribution is -2.32. The van der Waals surface area contributed by atoms with Crippen molar-refractivity contribution >= 4 is 11.0 Å². The van der Waals surface area contributed by atoms with E-state index in [4.69, 9.17) is 4.42 Å². The Hall–Kier alpha value is -1.28. The molecule has 1 aliphatic rings. The zero-order chi connectivity index (χ0) is 13.8. The van der Waals surface area contributed by atoms with Crippen LogP contribution >= 0.6 is 0 Å². The zero-order valence-electron chi connectivity index (χ0n) is 12.4. The minimum atomic E-state index is 0.677. The number of benzene rings is 1. The van der Waals surface area contributed by atoms with E-state index < -0.39 is 0 Å². The maximum Gasteiger partial charge on any atom is 0.134 e. The van der Waals surface area contributed by atoms with Crippen LogP contribution in [0.15, 0.2) is 34.7 Å². The van der Waals surface area contributed by atoms with Crippen LogP contribution in [0.4, 0.5) is 0 Å². The lowest BCUT2D eigenvalue weighted by Gasteiger charge is -2.28. The fourth-order valence-corrected chi connectivity index (χ4v) is 3.43. The van der Waals surface area contributed by atoms with Crippen LogP contribution in [0.2, 0.25) is 0 Å². The maximum atomic E-state index is 5.86. The van der Waals surface area contributed by atoms with Gasteiger partial charge < -0.3 is 9.73 Å². The molecule has 0 spiro atoms. The molecule has 1 N–H and O–H groups in total. The van der Waals surface area contributed by atoms with Gasteiger partial charge in [-0.15, -0.1) is 0 Å². The summed E-state index contributed by atoms with van der Waals surface area (Å²) in [5, 5.41) is 4.87. The van der Waals surface area contributed by atoms with E-state index in [2.05, 4.69) is 30.4 Å². The SMILES string of the molecule is CCCC1CCC(NCc2cc3ccccc3o2)CC1. The van der Waals surface area contributed by atoms with Gasteiger partial charge >= 0.3 is 0 Å². The third-order valence-corrected chi connectivity index (χ3v) is 4.59. The average molecular weight is 271 g/mol. The highest BCUT2D eigenvalue weighted by Crippen LogP contribution is 2.28. The Kier molecular flexibility index (Phi) is 4.41. The van der Waals surface area contributed by atoms with Crippen molar-refractivity contribution in [3.8, 4) is 0 Å². The molecular weight excluding hydrogens is 246 g/mol. The molecule has 1 fully saturated rings. The van der Waals surface area contributed by atoms with Crippen molar-refractivity contribution in [2.75, 3.05) is 0 Å². The number of fused-ring (bicyclic) bond motifs is 1. The van der Waals surface area contributed by atoms with Gasteiger partial charge in [-0.1, -0.05) is 38.0 Å². The monoisotopic (exact) mass is 271 g/mol. The molecule has 108 valence electrons. The van der Waals surface area contributed by atoms with Gasteiger partial charge in [0.15, 0.2) is 0 Å². The van der Waals surface area contributed by atoms with Crippen LogP contribution in [0.25, 0.3) is 11.0 Å². The van der Waals surface area contributed by atoms with Crippen molar-refractivity contribution in [1.82, 2.24) is 5.32 Å². The summed E-state index contributed by atoms with van der Waals surface area (Å²) in [7, 11) is 0. The summed E-state index contributed by atoms with van der Waals surface area (Å²) in [6, 6.07) is 11.1. The molecule has 0 amide bonds. The number of furan rings is 1. The molecule has 2 nitrogen and oxygen atoms in total. The van der Waals surface area contributed by atoms with Crippen LogP contribution in [0.5, 0.6) is 0 Å². The van der Waals surface area contributed by atoms with Gasteiger partial charge in [-0.05, 0) is 43.7 Å². The Balaban J connectivity index is 1.50. The predicted octanol–water partition coefficient (Wildman–Crippen LogP) is 4.88. The fraction of sp³-hybridized carbons (Fsp3) is 0.556. The normalized spacial score (nSPS) is 23.2. The molecule has 0 radical (unpaired) electrons. The Morgan fingerprint density at radius 3 is 2.70 bits per heavy atom. The van der Waals surface area contributed by atoms with E-state index in [-0.39, 0.29) is 0 Å². The lowest BCUT2D eigenvalue weighted by molar-refractivity contribution is 0.274. The number of para-hydroxylation sites is 1. The second-order valence-corrected chi connectivity index (χ2v) is 6.14. The maximum absolute atomic E-state index is 5.86. The van der Waals surface area contributed by atoms with Gasteiger partial charge in [0, 0.05) is 11.4 Å². The summed E-state index contributed by atoms with van der Waals surface area (Å²) >= 11 is 0. The van der Waals surface area contributed by atoms with E-state index in [9.17, 15) is 0 Å². The molecule has 0 aliphatic heterocycles. The topological polar surface area (TPSA) is 25.2 Å². The van der Waals surface area contributed by atoms with E-state index in [1.54, 1.807) is 0 Å². The molecule has 20 heavy (non-hydrogen) atoms. The summed E-state index contributed by atoms with van der Waals surface area (Å²) < 4.78 is 5.86. The second-order valence-electron chi connectivity index (χ2n) is 6.14. The van der Waals surface area contributed by atoms with E-state index >= 15 is 0 Å². The second kappa shape index (κ2) is 6.45. The van der Waals surface area contributed by atoms with Gasteiger partial charge in [-0.3, -0.25) is 0 Å². The smallest absolute Gasteiger partial charge is 0.134 e. The van der Waals surface area contributed by atoms with Gasteiger partial charge in [0.25, 0.3) is 0 Å². The van der Waals surface area contributed by atoms with Crippen molar-refractivity contribution < 1.29 is 4.42 Å². The van der Waals surface area contributed by atoms with E-state index in [0.29, 0.717) is 6.04 Å². The summed E-state index contributed by atoms with van der Waals surface area (Å²) in [6.45, 7) is 3.16. The Morgan fingerprint density at radius 1 is 1.15 bits per heavy atom. The molecule has 1 aromatic carbocycles. The Morgan fingerprint density at radius 2 is 1.95 bits per heavy atom. The van der Waals surface area contributed by atoms with Gasteiger partial charge in [-0.25, -0.2) is 0 Å². The standard InChI is InChI=1S/C18H25NO/c1-2-5-14-8-10-16(11-9-14)19-13-17-12-15-6-3-4-7-18(15)20-17/h3-4,6-7,12,14,16,19H,2,5,8-11,13H2,1H3. The highest BCUT2D eigenvalue weighted by Gasteiger charge is 2.20. The van der Waals surface area contributed by atoms with Crippen molar-refractivity contribution in [2.24, 2.45) is 5.92 Å². The van der Waals surface area contributed by atoms with Gasteiger partial charge in [0.1, 0.15) is 11.3 Å². The molecule has 2 aromatic rings. The number of rotatable bonds is 5. The first-order valence-electron chi connectivity index (χ1n) is 8.06. The van der Waals surface area contributed by atoms with Crippen LogP contribution in [0.1, 0.15) is 51.2 Å². The molecule has 0 bridgehead atoms. The van der Waals surface area contributed by atoms with Crippen LogP contribution in [0.3, 0.4) is 0 Å². The van der Waals surface area contributed by atoms with Crippen LogP contribution < -0.4 is 5.32 Å². The average Bonchev–Trinajstić information content (AvgIpc) is 2.90. The molecule has 0 unspecified atom stereocenters. The molecule has 1 aliphatic carbocycles. The van der Waals surface area contributed by atoms with Gasteiger partial charge in [0.05, 0.1) is 6.54 Å². The first-order valence-corrected chi connectivity index (χ1v) is 8.06. The molecule has 0 atom stereocenters. The Bertz CT molecular complexity index is 504. The predicted molar refractivity (Wildman–Crippen MR) is 83.7 cm³/mol. The molecule has 2 heteroatoms. The highest BCUT2D eigenvalue weighted by atomic mass is 16.3. The van der Waals surface area contributed by atoms with E-state index in [0.717, 1.165) is 23.8 Å². The Labute approximate surface area is 121 Å². The number of nitrogens with one attached hydrogen (secondary N) is 1. The van der Waals surface area contributed by atoms with E-state index in [1.165, 1.54) is 43.9 Å². The third-order valence-electron chi connectivity index (χ3n) is 4.59. The molecule has 0 saturated heterocycles. The quantitative estimate of drug-likeness (QED) is 0.838. The summed E-state index contributed by atoms with van der Waals surface area (Å²) in [6.07, 6.45) is 8.19. The minimum absolute atomic E-state index is 0.677. The first-order chi connectivity index (χ1) is 9.85. The summed E-state index contributed by atoms with van der Waals surface area (Å²) in [4.78, 5) is 0. The van der Waals surface area contributed by atoms with Crippen LogP contribution in [-0.2, 0) is 6.54 Å². The van der Waals surface area contributed by atoms with Gasteiger partial charge in [-0.2, -0.15) is 0 Å². The number of hydrogen-bond donors (Lipinski definition) is 1. The molecule has 1 aromatic heterocycles. The largest absolute Gasteiger partial charge is 0.460 e. The molecule has 1 heterocycles. The lowest BCUT2D eigenvalue weighted by atomic mass is 9.83. The highest BCUT2D eigenvalue weighted by molar-refractivity contribution is 5.77. The van der Waals surface area contributed by atoms with E-state index in [1.807, 2.05) is 12.1 Å². The summed E-state index contributed by atoms with van der Waals surface area (Å²) in [5.41, 5.74) is 0.996. The van der Waals surface area contributed by atoms with Crippen molar-refractivity contribution in [3.63, 3.8) is 0 Å². The van der Waals surface area contributed by atoms with Crippen LogP contribution in [0, 0.1) is 5.92 Å². The van der Waals surface area contributed by atoms with Crippen molar-refractivity contribution in [2.45, 2.75) is 58.0 Å². The number of hydrogen-bond acceptors (Lipinski definition) is 2. The molecule has 3 rings (SSSR count). The van der Waals surface area contributed by atoms with Crippen molar-refractivity contribution in [3.05, 3.63) is 36.1 Å². The minimum Gasteiger partial charge on any atom is -0.460 e.